The van der Waals surface area contributed by atoms with Gasteiger partial charge in [-0.05, 0) is 31.0 Å². The van der Waals surface area contributed by atoms with Crippen molar-refractivity contribution in [3.63, 3.8) is 0 Å². The van der Waals surface area contributed by atoms with Gasteiger partial charge >= 0.3 is 5.97 Å². The highest BCUT2D eigenvalue weighted by molar-refractivity contribution is 5.94. The Balaban J connectivity index is 2.09. The van der Waals surface area contributed by atoms with Gasteiger partial charge in [-0.1, -0.05) is 48.5 Å². The minimum absolute atomic E-state index is 0.194. The number of hydrogen-bond donors (Lipinski definition) is 1. The van der Waals surface area contributed by atoms with Crippen LogP contribution in [0.3, 0.4) is 0 Å². The molecule has 0 saturated carbocycles. The maximum absolute atomic E-state index is 12.3. The van der Waals surface area contributed by atoms with Crippen LogP contribution in [0.1, 0.15) is 22.8 Å². The molecule has 120 valence electrons. The van der Waals surface area contributed by atoms with Gasteiger partial charge in [0.25, 0.3) is 5.91 Å². The first-order chi connectivity index (χ1) is 11.1. The van der Waals surface area contributed by atoms with Gasteiger partial charge < -0.3 is 10.1 Å². The molecule has 1 amide bonds. The molecule has 0 bridgehead atoms. The van der Waals surface area contributed by atoms with Gasteiger partial charge in [-0.25, -0.2) is 0 Å². The molecule has 0 spiro atoms. The highest BCUT2D eigenvalue weighted by Crippen LogP contribution is 2.15. The molecular weight excluding hydrogens is 290 g/mol. The molecule has 0 aliphatic heterocycles. The largest absolute Gasteiger partial charge is 0.469 e. The monoisotopic (exact) mass is 311 g/mol. The van der Waals surface area contributed by atoms with Gasteiger partial charge in [0.15, 0.2) is 0 Å². The normalized spacial score (nSPS) is 13.0. The molecule has 0 radical (unpaired) electrons. The van der Waals surface area contributed by atoms with E-state index in [1.54, 1.807) is 24.3 Å². The number of ether oxygens (including phenoxy) is 1. The van der Waals surface area contributed by atoms with Gasteiger partial charge in [0, 0.05) is 11.6 Å². The maximum atomic E-state index is 12.3. The van der Waals surface area contributed by atoms with Crippen LogP contribution in [0.2, 0.25) is 0 Å². The van der Waals surface area contributed by atoms with Gasteiger partial charge in [0.05, 0.1) is 13.0 Å². The summed E-state index contributed by atoms with van der Waals surface area (Å²) in [5, 5.41) is 2.89. The fourth-order valence-electron chi connectivity index (χ4n) is 2.46. The van der Waals surface area contributed by atoms with E-state index in [9.17, 15) is 9.59 Å². The van der Waals surface area contributed by atoms with Crippen molar-refractivity contribution in [3.05, 3.63) is 71.8 Å². The molecule has 2 aromatic carbocycles. The lowest BCUT2D eigenvalue weighted by atomic mass is 9.93. The van der Waals surface area contributed by atoms with E-state index < -0.39 is 5.92 Å². The summed E-state index contributed by atoms with van der Waals surface area (Å²) in [6, 6.07) is 18.3. The molecule has 0 aromatic heterocycles. The Morgan fingerprint density at radius 3 is 2.13 bits per heavy atom. The van der Waals surface area contributed by atoms with Gasteiger partial charge in [0.2, 0.25) is 0 Å². The first-order valence-corrected chi connectivity index (χ1v) is 7.59. The van der Waals surface area contributed by atoms with Gasteiger partial charge in [-0.15, -0.1) is 0 Å². The molecule has 0 unspecified atom stereocenters. The summed E-state index contributed by atoms with van der Waals surface area (Å²) in [6.45, 7) is 1.82. The zero-order valence-corrected chi connectivity index (χ0v) is 13.4. The first-order valence-electron chi connectivity index (χ1n) is 7.59. The van der Waals surface area contributed by atoms with E-state index in [1.807, 2.05) is 43.3 Å². The Hall–Kier alpha value is -2.62. The summed E-state index contributed by atoms with van der Waals surface area (Å²) in [6.07, 6.45) is 0.518. The van der Waals surface area contributed by atoms with Crippen molar-refractivity contribution in [3.8, 4) is 0 Å². The van der Waals surface area contributed by atoms with Crippen molar-refractivity contribution in [1.29, 1.82) is 0 Å². The van der Waals surface area contributed by atoms with E-state index in [0.717, 1.165) is 5.56 Å². The second-order valence-electron chi connectivity index (χ2n) is 5.45. The minimum atomic E-state index is -0.435. The van der Waals surface area contributed by atoms with Crippen molar-refractivity contribution in [1.82, 2.24) is 5.32 Å². The molecule has 2 rings (SSSR count). The summed E-state index contributed by atoms with van der Waals surface area (Å²) in [5.41, 5.74) is 1.60. The van der Waals surface area contributed by atoms with E-state index in [2.05, 4.69) is 5.32 Å². The molecule has 23 heavy (non-hydrogen) atoms. The highest BCUT2D eigenvalue weighted by Gasteiger charge is 2.27. The Labute approximate surface area is 136 Å². The number of benzene rings is 2. The Kier molecular flexibility index (Phi) is 5.92. The van der Waals surface area contributed by atoms with E-state index in [4.69, 9.17) is 4.74 Å². The maximum Gasteiger partial charge on any atom is 0.311 e. The quantitative estimate of drug-likeness (QED) is 0.835. The third kappa shape index (κ3) is 4.68. The first kappa shape index (κ1) is 16.7. The lowest BCUT2D eigenvalue weighted by Gasteiger charge is -2.23. The van der Waals surface area contributed by atoms with Crippen LogP contribution in [-0.4, -0.2) is 25.0 Å². The summed E-state index contributed by atoms with van der Waals surface area (Å²) in [5.74, 6) is -0.954. The number of hydrogen-bond acceptors (Lipinski definition) is 3. The van der Waals surface area contributed by atoms with Gasteiger partial charge in [0.1, 0.15) is 0 Å². The van der Waals surface area contributed by atoms with Gasteiger partial charge in [-0.2, -0.15) is 0 Å². The third-order valence-electron chi connectivity index (χ3n) is 3.80. The zero-order chi connectivity index (χ0) is 16.7. The van der Waals surface area contributed by atoms with Crippen molar-refractivity contribution in [2.24, 2.45) is 5.92 Å². The van der Waals surface area contributed by atoms with E-state index in [0.29, 0.717) is 12.0 Å². The van der Waals surface area contributed by atoms with E-state index in [-0.39, 0.29) is 17.9 Å². The molecule has 2 atom stereocenters. The summed E-state index contributed by atoms with van der Waals surface area (Å²) in [4.78, 5) is 24.4. The van der Waals surface area contributed by atoms with Crippen molar-refractivity contribution in [2.45, 2.75) is 19.4 Å². The van der Waals surface area contributed by atoms with Crippen LogP contribution in [-0.2, 0) is 16.0 Å². The molecule has 4 nitrogen and oxygen atoms in total. The fourth-order valence-corrected chi connectivity index (χ4v) is 2.46. The standard InChI is InChI=1S/C19H21NO3/c1-14(20-18(21)16-11-7-4-8-12-16)17(19(22)23-2)13-15-9-5-3-6-10-15/h3-12,14,17H,13H2,1-2H3,(H,20,21)/t14-,17+/m0/s1. The predicted molar refractivity (Wildman–Crippen MR) is 89.0 cm³/mol. The second kappa shape index (κ2) is 8.13. The molecule has 1 N–H and O–H groups in total. The third-order valence-corrected chi connectivity index (χ3v) is 3.80. The summed E-state index contributed by atoms with van der Waals surface area (Å²) >= 11 is 0. The Bertz CT molecular complexity index is 640. The van der Waals surface area contributed by atoms with Crippen LogP contribution in [0.25, 0.3) is 0 Å². The number of methoxy groups -OCH3 is 1. The van der Waals surface area contributed by atoms with Crippen LogP contribution >= 0.6 is 0 Å². The number of carbonyl (C=O) groups excluding carboxylic acids is 2. The van der Waals surface area contributed by atoms with Gasteiger partial charge in [-0.3, -0.25) is 9.59 Å². The lowest BCUT2D eigenvalue weighted by molar-refractivity contribution is -0.146. The SMILES string of the molecule is COC(=O)[C@H](Cc1ccccc1)[C@H](C)NC(=O)c1ccccc1. The van der Waals surface area contributed by atoms with Crippen LogP contribution in [0.4, 0.5) is 0 Å². The molecular formula is C19H21NO3. The Morgan fingerprint density at radius 2 is 1.57 bits per heavy atom. The number of rotatable bonds is 6. The molecule has 0 saturated heterocycles. The summed E-state index contributed by atoms with van der Waals surface area (Å²) in [7, 11) is 1.37. The number of esters is 1. The average Bonchev–Trinajstić information content (AvgIpc) is 2.60. The average molecular weight is 311 g/mol. The number of nitrogens with one attached hydrogen (secondary N) is 1. The molecule has 0 heterocycles. The van der Waals surface area contributed by atoms with Crippen molar-refractivity contribution < 1.29 is 14.3 Å². The fraction of sp³-hybridized carbons (Fsp3) is 0.263. The number of amides is 1. The second-order valence-corrected chi connectivity index (χ2v) is 5.45. The highest BCUT2D eigenvalue weighted by atomic mass is 16.5. The van der Waals surface area contributed by atoms with Crippen LogP contribution in [0.5, 0.6) is 0 Å². The molecule has 0 aliphatic rings. The van der Waals surface area contributed by atoms with Crippen LogP contribution in [0, 0.1) is 5.92 Å². The smallest absolute Gasteiger partial charge is 0.311 e. The van der Waals surface area contributed by atoms with Crippen molar-refractivity contribution >= 4 is 11.9 Å². The van der Waals surface area contributed by atoms with Crippen LogP contribution < -0.4 is 5.32 Å². The molecule has 2 aromatic rings. The molecule has 0 fully saturated rings. The van der Waals surface area contributed by atoms with E-state index in [1.165, 1.54) is 7.11 Å². The molecule has 0 aliphatic carbocycles. The lowest BCUT2D eigenvalue weighted by Crippen LogP contribution is -2.42. The topological polar surface area (TPSA) is 55.4 Å². The minimum Gasteiger partial charge on any atom is -0.469 e. The van der Waals surface area contributed by atoms with Crippen LogP contribution in [0.15, 0.2) is 60.7 Å². The van der Waals surface area contributed by atoms with E-state index >= 15 is 0 Å². The Morgan fingerprint density at radius 1 is 1.00 bits per heavy atom. The molecule has 4 heteroatoms. The zero-order valence-electron chi connectivity index (χ0n) is 13.4. The predicted octanol–water partition coefficient (Wildman–Crippen LogP) is 2.84. The summed E-state index contributed by atoms with van der Waals surface area (Å²) < 4.78 is 4.90. The van der Waals surface area contributed by atoms with Crippen molar-refractivity contribution in [2.75, 3.05) is 7.11 Å². The number of carbonyl (C=O) groups is 2.